The molecule has 0 saturated heterocycles. The van der Waals surface area contributed by atoms with Gasteiger partial charge < -0.3 is 20.7 Å². The highest BCUT2D eigenvalue weighted by molar-refractivity contribution is 5.94. The minimum Gasteiger partial charge on any atom is -0.494 e. The highest BCUT2D eigenvalue weighted by Gasteiger charge is 2.14. The molecule has 0 bridgehead atoms. The van der Waals surface area contributed by atoms with Crippen molar-refractivity contribution in [3.8, 4) is 5.75 Å². The van der Waals surface area contributed by atoms with Gasteiger partial charge in [-0.15, -0.1) is 0 Å². The lowest BCUT2D eigenvalue weighted by Crippen LogP contribution is -2.26. The van der Waals surface area contributed by atoms with E-state index in [1.54, 1.807) is 0 Å². The number of aryl methyl sites for hydroxylation is 1. The first-order valence-corrected chi connectivity index (χ1v) is 8.16. The molecular formula is C17H25N3O3. The zero-order chi connectivity index (χ0) is 16.5. The molecule has 23 heavy (non-hydrogen) atoms. The summed E-state index contributed by atoms with van der Waals surface area (Å²) < 4.78 is 5.69. The van der Waals surface area contributed by atoms with Gasteiger partial charge in [0.2, 0.25) is 11.8 Å². The van der Waals surface area contributed by atoms with Gasteiger partial charge in [-0.1, -0.05) is 0 Å². The SMILES string of the molecule is CNCCCNC(=O)CCCOc1ccc2c(c1)CCC(=O)N2. The molecule has 1 aliphatic rings. The predicted molar refractivity (Wildman–Crippen MR) is 89.7 cm³/mol. The van der Waals surface area contributed by atoms with Crippen molar-refractivity contribution in [1.29, 1.82) is 0 Å². The topological polar surface area (TPSA) is 79.5 Å². The molecule has 1 aliphatic heterocycles. The fraction of sp³-hybridized carbons (Fsp3) is 0.529. The van der Waals surface area contributed by atoms with Crippen LogP contribution in [-0.4, -0.2) is 38.6 Å². The number of hydrogen-bond donors (Lipinski definition) is 3. The van der Waals surface area contributed by atoms with Crippen LogP contribution in [0.1, 0.15) is 31.2 Å². The fourth-order valence-corrected chi connectivity index (χ4v) is 2.45. The van der Waals surface area contributed by atoms with E-state index in [2.05, 4.69) is 16.0 Å². The maximum absolute atomic E-state index is 11.6. The fourth-order valence-electron chi connectivity index (χ4n) is 2.45. The van der Waals surface area contributed by atoms with Crippen molar-refractivity contribution in [3.05, 3.63) is 23.8 Å². The third kappa shape index (κ3) is 5.90. The van der Waals surface area contributed by atoms with Crippen LogP contribution in [0.2, 0.25) is 0 Å². The molecule has 1 aromatic rings. The zero-order valence-electron chi connectivity index (χ0n) is 13.6. The van der Waals surface area contributed by atoms with Gasteiger partial charge in [-0.3, -0.25) is 9.59 Å². The van der Waals surface area contributed by atoms with Gasteiger partial charge in [0.1, 0.15) is 5.75 Å². The first-order valence-electron chi connectivity index (χ1n) is 8.16. The summed E-state index contributed by atoms with van der Waals surface area (Å²) in [6.07, 6.45) is 3.36. The monoisotopic (exact) mass is 319 g/mol. The molecule has 0 atom stereocenters. The van der Waals surface area contributed by atoms with Gasteiger partial charge in [0, 0.05) is 25.1 Å². The Balaban J connectivity index is 1.65. The normalized spacial score (nSPS) is 13.2. The second kappa shape index (κ2) is 9.15. The lowest BCUT2D eigenvalue weighted by atomic mass is 10.0. The van der Waals surface area contributed by atoms with E-state index in [4.69, 9.17) is 4.74 Å². The maximum Gasteiger partial charge on any atom is 0.224 e. The lowest BCUT2D eigenvalue weighted by molar-refractivity contribution is -0.121. The van der Waals surface area contributed by atoms with Crippen LogP contribution in [0, 0.1) is 0 Å². The zero-order valence-corrected chi connectivity index (χ0v) is 13.6. The molecule has 0 fully saturated rings. The van der Waals surface area contributed by atoms with Gasteiger partial charge in [0.15, 0.2) is 0 Å². The summed E-state index contributed by atoms with van der Waals surface area (Å²) in [5.74, 6) is 0.916. The van der Waals surface area contributed by atoms with Crippen molar-refractivity contribution in [2.75, 3.05) is 32.1 Å². The second-order valence-corrected chi connectivity index (χ2v) is 5.63. The molecule has 0 radical (unpaired) electrons. The van der Waals surface area contributed by atoms with Crippen LogP contribution in [0.3, 0.4) is 0 Å². The molecule has 1 heterocycles. The summed E-state index contributed by atoms with van der Waals surface area (Å²) in [7, 11) is 1.90. The van der Waals surface area contributed by atoms with Crippen molar-refractivity contribution in [2.45, 2.75) is 32.1 Å². The van der Waals surface area contributed by atoms with Gasteiger partial charge in [-0.2, -0.15) is 0 Å². The molecule has 6 heteroatoms. The van der Waals surface area contributed by atoms with Crippen molar-refractivity contribution in [1.82, 2.24) is 10.6 Å². The van der Waals surface area contributed by atoms with E-state index in [1.807, 2.05) is 25.2 Å². The van der Waals surface area contributed by atoms with Crippen molar-refractivity contribution in [2.24, 2.45) is 0 Å². The van der Waals surface area contributed by atoms with Crippen LogP contribution in [0.25, 0.3) is 0 Å². The number of rotatable bonds is 9. The molecular weight excluding hydrogens is 294 g/mol. The standard InChI is InChI=1S/C17H25N3O3/c1-18-9-3-10-19-16(21)4-2-11-23-14-6-7-15-13(12-14)5-8-17(22)20-15/h6-7,12,18H,2-5,8-11H2,1H3,(H,19,21)(H,20,22). The van der Waals surface area contributed by atoms with Gasteiger partial charge in [-0.05, 0) is 56.6 Å². The quantitative estimate of drug-likeness (QED) is 0.602. The van der Waals surface area contributed by atoms with Crippen molar-refractivity contribution >= 4 is 17.5 Å². The molecule has 0 saturated carbocycles. The number of hydrogen-bond acceptors (Lipinski definition) is 4. The van der Waals surface area contributed by atoms with E-state index >= 15 is 0 Å². The average molecular weight is 319 g/mol. The van der Waals surface area contributed by atoms with Crippen LogP contribution in [0.15, 0.2) is 18.2 Å². The average Bonchev–Trinajstić information content (AvgIpc) is 2.55. The molecule has 0 spiro atoms. The molecule has 2 amide bonds. The Morgan fingerprint density at radius 2 is 2.13 bits per heavy atom. The number of anilines is 1. The van der Waals surface area contributed by atoms with Crippen LogP contribution < -0.4 is 20.7 Å². The Hall–Kier alpha value is -2.08. The Morgan fingerprint density at radius 3 is 2.96 bits per heavy atom. The lowest BCUT2D eigenvalue weighted by Gasteiger charge is -2.17. The number of fused-ring (bicyclic) bond motifs is 1. The second-order valence-electron chi connectivity index (χ2n) is 5.63. The van der Waals surface area contributed by atoms with E-state index in [0.29, 0.717) is 32.4 Å². The Labute approximate surface area is 137 Å². The van der Waals surface area contributed by atoms with Gasteiger partial charge in [-0.25, -0.2) is 0 Å². The Kier molecular flexibility index (Phi) is 6.87. The van der Waals surface area contributed by atoms with Gasteiger partial charge in [0.25, 0.3) is 0 Å². The molecule has 0 aliphatic carbocycles. The molecule has 6 nitrogen and oxygen atoms in total. The van der Waals surface area contributed by atoms with E-state index in [1.165, 1.54) is 0 Å². The van der Waals surface area contributed by atoms with Crippen molar-refractivity contribution in [3.63, 3.8) is 0 Å². The predicted octanol–water partition coefficient (Wildman–Crippen LogP) is 1.46. The smallest absolute Gasteiger partial charge is 0.224 e. The summed E-state index contributed by atoms with van der Waals surface area (Å²) in [4.78, 5) is 22.9. The molecule has 0 unspecified atom stereocenters. The van der Waals surface area contributed by atoms with E-state index in [0.717, 1.165) is 36.4 Å². The summed E-state index contributed by atoms with van der Waals surface area (Å²) in [5, 5.41) is 8.77. The molecule has 1 aromatic carbocycles. The maximum atomic E-state index is 11.6. The molecule has 0 aromatic heterocycles. The third-order valence-corrected chi connectivity index (χ3v) is 3.71. The minimum atomic E-state index is 0.0619. The van der Waals surface area contributed by atoms with Gasteiger partial charge in [0.05, 0.1) is 6.61 Å². The number of nitrogens with one attached hydrogen (secondary N) is 3. The number of carbonyl (C=O) groups excluding carboxylic acids is 2. The summed E-state index contributed by atoms with van der Waals surface area (Å²) in [5.41, 5.74) is 1.97. The summed E-state index contributed by atoms with van der Waals surface area (Å²) >= 11 is 0. The largest absolute Gasteiger partial charge is 0.494 e. The van der Waals surface area contributed by atoms with Gasteiger partial charge >= 0.3 is 0 Å². The van der Waals surface area contributed by atoms with Crippen LogP contribution in [0.4, 0.5) is 5.69 Å². The Bertz CT molecular complexity index is 546. The minimum absolute atomic E-state index is 0.0619. The van der Waals surface area contributed by atoms with E-state index in [-0.39, 0.29) is 11.8 Å². The third-order valence-electron chi connectivity index (χ3n) is 3.71. The number of benzene rings is 1. The van der Waals surface area contributed by atoms with Crippen LogP contribution in [0.5, 0.6) is 5.75 Å². The number of ether oxygens (including phenoxy) is 1. The summed E-state index contributed by atoms with van der Waals surface area (Å²) in [6, 6.07) is 5.69. The van der Waals surface area contributed by atoms with Crippen LogP contribution in [-0.2, 0) is 16.0 Å². The van der Waals surface area contributed by atoms with Crippen LogP contribution >= 0.6 is 0 Å². The Morgan fingerprint density at radius 1 is 1.26 bits per heavy atom. The van der Waals surface area contributed by atoms with E-state index < -0.39 is 0 Å². The van der Waals surface area contributed by atoms with Crippen molar-refractivity contribution < 1.29 is 14.3 Å². The van der Waals surface area contributed by atoms with E-state index in [9.17, 15) is 9.59 Å². The first kappa shape index (κ1) is 17.3. The molecule has 126 valence electrons. The molecule has 2 rings (SSSR count). The summed E-state index contributed by atoms with van der Waals surface area (Å²) in [6.45, 7) is 2.12. The first-order chi connectivity index (χ1) is 11.2. The molecule has 3 N–H and O–H groups in total. The number of amides is 2. The highest BCUT2D eigenvalue weighted by Crippen LogP contribution is 2.26. The highest BCUT2D eigenvalue weighted by atomic mass is 16.5. The number of carbonyl (C=O) groups is 2.